The molecule has 2 rings (SSSR count). The summed E-state index contributed by atoms with van der Waals surface area (Å²) in [7, 11) is 1.48. The molecule has 0 aliphatic heterocycles. The summed E-state index contributed by atoms with van der Waals surface area (Å²) in [5, 5.41) is 11.1. The van der Waals surface area contributed by atoms with Crippen molar-refractivity contribution in [2.45, 2.75) is 0 Å². The Labute approximate surface area is 125 Å². The van der Waals surface area contributed by atoms with Crippen LogP contribution in [0.25, 0.3) is 12.2 Å². The van der Waals surface area contributed by atoms with Crippen LogP contribution in [0.2, 0.25) is 0 Å². The maximum absolute atomic E-state index is 11.1. The van der Waals surface area contributed by atoms with Gasteiger partial charge in [-0.05, 0) is 29.8 Å². The van der Waals surface area contributed by atoms with Gasteiger partial charge in [-0.3, -0.25) is 10.1 Å². The monoisotopic (exact) mass is 333 g/mol. The number of rotatable bonds is 4. The number of benzene rings is 2. The molecule has 20 heavy (non-hydrogen) atoms. The number of methoxy groups -OCH3 is 1. The summed E-state index contributed by atoms with van der Waals surface area (Å²) in [6, 6.07) is 12.5. The summed E-state index contributed by atoms with van der Waals surface area (Å²) in [6.07, 6.45) is 3.55. The molecule has 0 aromatic heterocycles. The average molecular weight is 334 g/mol. The minimum atomic E-state index is -0.414. The molecule has 5 heteroatoms. The molecule has 0 saturated heterocycles. The molecule has 0 atom stereocenters. The highest BCUT2D eigenvalue weighted by Gasteiger charge is 2.12. The lowest BCUT2D eigenvalue weighted by Gasteiger charge is -2.02. The van der Waals surface area contributed by atoms with E-state index in [4.69, 9.17) is 4.74 Å². The molecule has 2 aromatic rings. The average Bonchev–Trinajstić information content (AvgIpc) is 2.46. The first-order valence-electron chi connectivity index (χ1n) is 5.87. The number of hydrogen-bond acceptors (Lipinski definition) is 3. The number of nitro benzene ring substituents is 1. The third kappa shape index (κ3) is 3.24. The SMILES string of the molecule is COc1ccc(/C=C\c2ccccc2Br)c([N+](=O)[O-])c1. The van der Waals surface area contributed by atoms with E-state index in [9.17, 15) is 10.1 Å². The van der Waals surface area contributed by atoms with Crippen LogP contribution in [0.15, 0.2) is 46.9 Å². The quantitative estimate of drug-likeness (QED) is 0.469. The predicted molar refractivity (Wildman–Crippen MR) is 82.7 cm³/mol. The van der Waals surface area contributed by atoms with Crippen LogP contribution < -0.4 is 4.74 Å². The second kappa shape index (κ2) is 6.34. The van der Waals surface area contributed by atoms with Gasteiger partial charge >= 0.3 is 0 Å². The highest BCUT2D eigenvalue weighted by atomic mass is 79.9. The summed E-state index contributed by atoms with van der Waals surface area (Å²) in [6.45, 7) is 0. The smallest absolute Gasteiger partial charge is 0.280 e. The van der Waals surface area contributed by atoms with Gasteiger partial charge in [0.2, 0.25) is 0 Å². The summed E-state index contributed by atoms with van der Waals surface area (Å²) in [5.41, 5.74) is 1.51. The van der Waals surface area contributed by atoms with Crippen molar-refractivity contribution in [2.24, 2.45) is 0 Å². The Kier molecular flexibility index (Phi) is 4.53. The molecule has 0 radical (unpaired) electrons. The first-order chi connectivity index (χ1) is 9.61. The Balaban J connectivity index is 2.38. The Morgan fingerprint density at radius 1 is 1.15 bits per heavy atom. The van der Waals surface area contributed by atoms with Crippen LogP contribution in [-0.4, -0.2) is 12.0 Å². The Bertz CT molecular complexity index is 668. The topological polar surface area (TPSA) is 52.4 Å². The zero-order valence-corrected chi connectivity index (χ0v) is 12.3. The van der Waals surface area contributed by atoms with E-state index in [1.807, 2.05) is 30.3 Å². The molecule has 0 spiro atoms. The van der Waals surface area contributed by atoms with E-state index in [-0.39, 0.29) is 5.69 Å². The fourth-order valence-corrected chi connectivity index (χ4v) is 2.16. The molecule has 0 N–H and O–H groups in total. The molecule has 102 valence electrons. The van der Waals surface area contributed by atoms with Gasteiger partial charge in [-0.1, -0.05) is 40.2 Å². The van der Waals surface area contributed by atoms with Gasteiger partial charge in [0.15, 0.2) is 0 Å². The number of nitrogens with zero attached hydrogens (tertiary/aromatic N) is 1. The molecule has 4 nitrogen and oxygen atoms in total. The van der Waals surface area contributed by atoms with Crippen molar-refractivity contribution in [3.8, 4) is 5.75 Å². The van der Waals surface area contributed by atoms with E-state index < -0.39 is 4.92 Å². The summed E-state index contributed by atoms with van der Waals surface area (Å²) in [5.74, 6) is 0.467. The zero-order valence-electron chi connectivity index (χ0n) is 10.7. The summed E-state index contributed by atoms with van der Waals surface area (Å²) < 4.78 is 5.94. The number of halogens is 1. The molecule has 0 aliphatic rings. The molecule has 0 unspecified atom stereocenters. The van der Waals surface area contributed by atoms with E-state index in [2.05, 4.69) is 15.9 Å². The Morgan fingerprint density at radius 2 is 1.85 bits per heavy atom. The molecule has 0 fully saturated rings. The largest absolute Gasteiger partial charge is 0.497 e. The van der Waals surface area contributed by atoms with Gasteiger partial charge in [0.05, 0.1) is 23.7 Å². The van der Waals surface area contributed by atoms with Crippen molar-refractivity contribution in [2.75, 3.05) is 7.11 Å². The molecule has 0 heterocycles. The normalized spacial score (nSPS) is 10.7. The predicted octanol–water partition coefficient (Wildman–Crippen LogP) is 4.54. The standard InChI is InChI=1S/C15H12BrNO3/c1-20-13-9-8-12(15(10-13)17(18)19)7-6-11-4-2-3-5-14(11)16/h2-10H,1H3/b7-6-. The van der Waals surface area contributed by atoms with E-state index >= 15 is 0 Å². The first kappa shape index (κ1) is 14.3. The minimum absolute atomic E-state index is 0.0210. The van der Waals surface area contributed by atoms with Crippen molar-refractivity contribution in [3.05, 3.63) is 68.2 Å². The van der Waals surface area contributed by atoms with Crippen LogP contribution in [0.5, 0.6) is 5.75 Å². The van der Waals surface area contributed by atoms with Gasteiger partial charge < -0.3 is 4.74 Å². The third-order valence-corrected chi connectivity index (χ3v) is 3.50. The van der Waals surface area contributed by atoms with E-state index in [0.717, 1.165) is 10.0 Å². The molecular formula is C15H12BrNO3. The fourth-order valence-electron chi connectivity index (χ4n) is 1.74. The van der Waals surface area contributed by atoms with E-state index in [1.165, 1.54) is 13.2 Å². The summed E-state index contributed by atoms with van der Waals surface area (Å²) in [4.78, 5) is 10.7. The molecule has 2 aromatic carbocycles. The second-order valence-corrected chi connectivity index (χ2v) is 4.89. The molecular weight excluding hydrogens is 322 g/mol. The molecule has 0 saturated carbocycles. The highest BCUT2D eigenvalue weighted by Crippen LogP contribution is 2.27. The van der Waals surface area contributed by atoms with Crippen molar-refractivity contribution in [3.63, 3.8) is 0 Å². The van der Waals surface area contributed by atoms with Crippen LogP contribution in [-0.2, 0) is 0 Å². The van der Waals surface area contributed by atoms with Crippen LogP contribution in [0.1, 0.15) is 11.1 Å². The molecule has 0 bridgehead atoms. The maximum Gasteiger partial charge on any atom is 0.280 e. The van der Waals surface area contributed by atoms with E-state index in [1.54, 1.807) is 18.2 Å². The third-order valence-electron chi connectivity index (χ3n) is 2.78. The van der Waals surface area contributed by atoms with Gasteiger partial charge in [0.1, 0.15) is 5.75 Å². The lowest BCUT2D eigenvalue weighted by molar-refractivity contribution is -0.385. The van der Waals surface area contributed by atoms with Gasteiger partial charge in [-0.15, -0.1) is 0 Å². The van der Waals surface area contributed by atoms with Gasteiger partial charge in [-0.25, -0.2) is 0 Å². The molecule has 0 amide bonds. The van der Waals surface area contributed by atoms with Gasteiger partial charge in [-0.2, -0.15) is 0 Å². The fraction of sp³-hybridized carbons (Fsp3) is 0.0667. The second-order valence-electron chi connectivity index (χ2n) is 4.04. The van der Waals surface area contributed by atoms with Crippen LogP contribution in [0.4, 0.5) is 5.69 Å². The van der Waals surface area contributed by atoms with Crippen molar-refractivity contribution >= 4 is 33.8 Å². The Hall–Kier alpha value is -2.14. The first-order valence-corrected chi connectivity index (χ1v) is 6.66. The molecule has 0 aliphatic carbocycles. The lowest BCUT2D eigenvalue weighted by Crippen LogP contribution is -1.93. The van der Waals surface area contributed by atoms with Crippen molar-refractivity contribution in [1.29, 1.82) is 0 Å². The highest BCUT2D eigenvalue weighted by molar-refractivity contribution is 9.10. The van der Waals surface area contributed by atoms with Crippen LogP contribution in [0.3, 0.4) is 0 Å². The zero-order chi connectivity index (χ0) is 14.5. The number of hydrogen-bond donors (Lipinski definition) is 0. The summed E-state index contributed by atoms with van der Waals surface area (Å²) >= 11 is 3.43. The van der Waals surface area contributed by atoms with Crippen LogP contribution >= 0.6 is 15.9 Å². The van der Waals surface area contributed by atoms with Crippen molar-refractivity contribution in [1.82, 2.24) is 0 Å². The van der Waals surface area contributed by atoms with Crippen molar-refractivity contribution < 1.29 is 9.66 Å². The number of nitro groups is 1. The minimum Gasteiger partial charge on any atom is -0.497 e. The van der Waals surface area contributed by atoms with Gasteiger partial charge in [0.25, 0.3) is 5.69 Å². The lowest BCUT2D eigenvalue weighted by atomic mass is 10.1. The van der Waals surface area contributed by atoms with Crippen LogP contribution in [0, 0.1) is 10.1 Å². The maximum atomic E-state index is 11.1. The number of ether oxygens (including phenoxy) is 1. The van der Waals surface area contributed by atoms with E-state index in [0.29, 0.717) is 11.3 Å². The Morgan fingerprint density at radius 3 is 2.50 bits per heavy atom. The van der Waals surface area contributed by atoms with Gasteiger partial charge in [0, 0.05) is 4.47 Å².